The second kappa shape index (κ2) is 5.76. The Morgan fingerprint density at radius 3 is 2.78 bits per heavy atom. The highest BCUT2D eigenvalue weighted by molar-refractivity contribution is 7.99. The minimum absolute atomic E-state index is 0.0239. The zero-order chi connectivity index (χ0) is 13.0. The van der Waals surface area contributed by atoms with Crippen LogP contribution in [0.3, 0.4) is 0 Å². The number of rotatable bonds is 4. The van der Waals surface area contributed by atoms with Gasteiger partial charge in [-0.2, -0.15) is 11.8 Å². The molecule has 0 unspecified atom stereocenters. The average Bonchev–Trinajstić information content (AvgIpc) is 2.78. The van der Waals surface area contributed by atoms with Gasteiger partial charge in [-0.3, -0.25) is 4.79 Å². The van der Waals surface area contributed by atoms with Crippen molar-refractivity contribution in [2.75, 3.05) is 18.1 Å². The van der Waals surface area contributed by atoms with Crippen LogP contribution in [-0.2, 0) is 11.2 Å². The zero-order valence-corrected chi connectivity index (χ0v) is 11.4. The molecule has 0 spiro atoms. The van der Waals surface area contributed by atoms with Crippen LogP contribution in [0.5, 0.6) is 0 Å². The molecule has 1 heterocycles. The first-order valence-electron chi connectivity index (χ1n) is 6.20. The van der Waals surface area contributed by atoms with Crippen LogP contribution in [0.4, 0.5) is 0 Å². The third-order valence-corrected chi connectivity index (χ3v) is 4.42. The highest BCUT2D eigenvalue weighted by Crippen LogP contribution is 2.26. The van der Waals surface area contributed by atoms with Gasteiger partial charge in [-0.05, 0) is 24.7 Å². The Balaban J connectivity index is 1.80. The number of aliphatic hydroxyl groups is 1. The maximum Gasteiger partial charge on any atom is 0.224 e. The topological polar surface area (TPSA) is 49.3 Å². The van der Waals surface area contributed by atoms with E-state index in [2.05, 4.69) is 5.32 Å². The summed E-state index contributed by atoms with van der Waals surface area (Å²) in [4.78, 5) is 11.8. The molecule has 0 aliphatic carbocycles. The standard InChI is InChI=1S/C14H19NO2S/c1-11-2-4-12(5-3-11)8-13(16)15-9-14(17)6-7-18-10-14/h2-5,17H,6-10H2,1H3,(H,15,16)/t14-/m0/s1. The third kappa shape index (κ3) is 3.75. The minimum atomic E-state index is -0.701. The van der Waals surface area contributed by atoms with Crippen molar-refractivity contribution in [2.45, 2.75) is 25.4 Å². The second-order valence-corrected chi connectivity index (χ2v) is 6.07. The molecule has 1 saturated heterocycles. The van der Waals surface area contributed by atoms with E-state index in [4.69, 9.17) is 0 Å². The second-order valence-electron chi connectivity index (χ2n) is 4.97. The normalized spacial score (nSPS) is 23.0. The first-order valence-corrected chi connectivity index (χ1v) is 7.35. The lowest BCUT2D eigenvalue weighted by molar-refractivity contribution is -0.121. The highest BCUT2D eigenvalue weighted by atomic mass is 32.2. The summed E-state index contributed by atoms with van der Waals surface area (Å²) < 4.78 is 0. The Hall–Kier alpha value is -1.00. The molecule has 0 aromatic heterocycles. The molecule has 4 heteroatoms. The molecule has 2 rings (SSSR count). The van der Waals surface area contributed by atoms with Crippen LogP contribution in [0.1, 0.15) is 17.5 Å². The van der Waals surface area contributed by atoms with E-state index in [0.717, 1.165) is 23.5 Å². The van der Waals surface area contributed by atoms with Crippen molar-refractivity contribution in [2.24, 2.45) is 0 Å². The minimum Gasteiger partial charge on any atom is -0.387 e. The van der Waals surface area contributed by atoms with E-state index < -0.39 is 5.60 Å². The molecule has 0 radical (unpaired) electrons. The number of aryl methyl sites for hydroxylation is 1. The van der Waals surface area contributed by atoms with Gasteiger partial charge in [0.2, 0.25) is 5.91 Å². The summed E-state index contributed by atoms with van der Waals surface area (Å²) in [7, 11) is 0. The van der Waals surface area contributed by atoms with Gasteiger partial charge in [0, 0.05) is 12.3 Å². The lowest BCUT2D eigenvalue weighted by Crippen LogP contribution is -2.43. The van der Waals surface area contributed by atoms with E-state index in [1.54, 1.807) is 11.8 Å². The number of nitrogens with one attached hydrogen (secondary N) is 1. The van der Waals surface area contributed by atoms with Gasteiger partial charge in [0.15, 0.2) is 0 Å². The Morgan fingerprint density at radius 1 is 1.44 bits per heavy atom. The summed E-state index contributed by atoms with van der Waals surface area (Å²) in [5.74, 6) is 1.67. The van der Waals surface area contributed by atoms with Gasteiger partial charge in [-0.15, -0.1) is 0 Å². The van der Waals surface area contributed by atoms with Gasteiger partial charge >= 0.3 is 0 Å². The molecule has 98 valence electrons. The maximum atomic E-state index is 11.8. The van der Waals surface area contributed by atoms with E-state index in [-0.39, 0.29) is 5.91 Å². The number of amides is 1. The van der Waals surface area contributed by atoms with Gasteiger partial charge in [-0.25, -0.2) is 0 Å². The molecule has 3 nitrogen and oxygen atoms in total. The van der Waals surface area contributed by atoms with E-state index in [1.807, 2.05) is 31.2 Å². The Kier molecular flexibility index (Phi) is 4.30. The first-order chi connectivity index (χ1) is 8.57. The number of hydrogen-bond acceptors (Lipinski definition) is 3. The fraction of sp³-hybridized carbons (Fsp3) is 0.500. The molecule has 1 amide bonds. The van der Waals surface area contributed by atoms with Gasteiger partial charge in [0.25, 0.3) is 0 Å². The lowest BCUT2D eigenvalue weighted by atomic mass is 10.0. The van der Waals surface area contributed by atoms with Crippen LogP contribution in [0, 0.1) is 6.92 Å². The molecular weight excluding hydrogens is 246 g/mol. The monoisotopic (exact) mass is 265 g/mol. The number of thioether (sulfide) groups is 1. The van der Waals surface area contributed by atoms with Gasteiger partial charge < -0.3 is 10.4 Å². The molecule has 2 N–H and O–H groups in total. The summed E-state index contributed by atoms with van der Waals surface area (Å²) in [6, 6.07) is 7.94. The maximum absolute atomic E-state index is 11.8. The van der Waals surface area contributed by atoms with Crippen LogP contribution in [0.2, 0.25) is 0 Å². The Bertz CT molecular complexity index is 410. The summed E-state index contributed by atoms with van der Waals surface area (Å²) in [5.41, 5.74) is 1.50. The lowest BCUT2D eigenvalue weighted by Gasteiger charge is -2.21. The molecule has 18 heavy (non-hydrogen) atoms. The Morgan fingerprint density at radius 2 is 2.17 bits per heavy atom. The van der Waals surface area contributed by atoms with Crippen molar-refractivity contribution in [3.05, 3.63) is 35.4 Å². The summed E-state index contributed by atoms with van der Waals surface area (Å²) in [6.45, 7) is 2.39. The average molecular weight is 265 g/mol. The first kappa shape index (κ1) is 13.4. The van der Waals surface area contributed by atoms with Crippen LogP contribution >= 0.6 is 11.8 Å². The fourth-order valence-electron chi connectivity index (χ4n) is 1.95. The number of hydrogen-bond donors (Lipinski definition) is 2. The molecule has 1 aliphatic heterocycles. The smallest absolute Gasteiger partial charge is 0.224 e. The summed E-state index contributed by atoms with van der Waals surface area (Å²) >= 11 is 1.74. The van der Waals surface area contributed by atoms with Crippen molar-refractivity contribution in [1.82, 2.24) is 5.32 Å². The fourth-order valence-corrected chi connectivity index (χ4v) is 3.25. The predicted octanol–water partition coefficient (Wildman–Crippen LogP) is 1.52. The summed E-state index contributed by atoms with van der Waals surface area (Å²) in [5, 5.41) is 12.9. The van der Waals surface area contributed by atoms with E-state index in [9.17, 15) is 9.90 Å². The van der Waals surface area contributed by atoms with E-state index in [1.165, 1.54) is 5.56 Å². The quantitative estimate of drug-likeness (QED) is 0.868. The molecule has 1 aromatic rings. The molecule has 0 saturated carbocycles. The van der Waals surface area contributed by atoms with E-state index in [0.29, 0.717) is 13.0 Å². The van der Waals surface area contributed by atoms with Gasteiger partial charge in [-0.1, -0.05) is 29.8 Å². The van der Waals surface area contributed by atoms with Crippen molar-refractivity contribution < 1.29 is 9.90 Å². The third-order valence-electron chi connectivity index (χ3n) is 3.18. The van der Waals surface area contributed by atoms with E-state index >= 15 is 0 Å². The van der Waals surface area contributed by atoms with Crippen molar-refractivity contribution >= 4 is 17.7 Å². The van der Waals surface area contributed by atoms with Crippen molar-refractivity contribution in [1.29, 1.82) is 0 Å². The molecule has 1 aromatic carbocycles. The molecule has 1 aliphatic rings. The number of carbonyl (C=O) groups excluding carboxylic acids is 1. The Labute approximate surface area is 112 Å². The SMILES string of the molecule is Cc1ccc(CC(=O)NC[C@@]2(O)CCSC2)cc1. The van der Waals surface area contributed by atoms with Gasteiger partial charge in [0.05, 0.1) is 12.0 Å². The molecule has 0 bridgehead atoms. The molecule has 1 atom stereocenters. The molecular formula is C14H19NO2S. The van der Waals surface area contributed by atoms with Crippen LogP contribution in [0.15, 0.2) is 24.3 Å². The highest BCUT2D eigenvalue weighted by Gasteiger charge is 2.31. The number of carbonyl (C=O) groups is 1. The van der Waals surface area contributed by atoms with Crippen LogP contribution in [0.25, 0.3) is 0 Å². The van der Waals surface area contributed by atoms with Gasteiger partial charge in [0.1, 0.15) is 0 Å². The van der Waals surface area contributed by atoms with Crippen molar-refractivity contribution in [3.8, 4) is 0 Å². The predicted molar refractivity (Wildman–Crippen MR) is 74.8 cm³/mol. The largest absolute Gasteiger partial charge is 0.387 e. The molecule has 1 fully saturated rings. The summed E-state index contributed by atoms with van der Waals surface area (Å²) in [6.07, 6.45) is 1.14. The number of benzene rings is 1. The van der Waals surface area contributed by atoms with Crippen LogP contribution < -0.4 is 5.32 Å². The zero-order valence-electron chi connectivity index (χ0n) is 10.6. The van der Waals surface area contributed by atoms with Crippen molar-refractivity contribution in [3.63, 3.8) is 0 Å². The van der Waals surface area contributed by atoms with Crippen LogP contribution in [-0.4, -0.2) is 34.7 Å².